The molecule has 0 aliphatic rings. The van der Waals surface area contributed by atoms with E-state index in [4.69, 9.17) is 11.6 Å². The maximum absolute atomic E-state index is 12.3. The van der Waals surface area contributed by atoms with Crippen molar-refractivity contribution >= 4 is 38.6 Å². The lowest BCUT2D eigenvalue weighted by atomic mass is 10.3. The average molecular weight is 341 g/mol. The van der Waals surface area contributed by atoms with E-state index < -0.39 is 10.0 Å². The fourth-order valence-corrected chi connectivity index (χ4v) is 4.11. The highest BCUT2D eigenvalue weighted by molar-refractivity contribution is 7.94. The zero-order valence-corrected chi connectivity index (χ0v) is 12.9. The Morgan fingerprint density at radius 3 is 2.76 bits per heavy atom. The summed E-state index contributed by atoms with van der Waals surface area (Å²) < 4.78 is 29.1. The molecule has 0 fully saturated rings. The molecule has 3 rings (SSSR count). The molecule has 0 radical (unpaired) electrons. The second kappa shape index (κ2) is 5.47. The van der Waals surface area contributed by atoms with Gasteiger partial charge in [-0.3, -0.25) is 4.72 Å². The van der Waals surface area contributed by atoms with Crippen LogP contribution in [0.5, 0.6) is 0 Å². The van der Waals surface area contributed by atoms with Crippen LogP contribution in [0.4, 0.5) is 5.69 Å². The number of anilines is 1. The number of rotatable bonds is 4. The number of para-hydroxylation sites is 2. The maximum atomic E-state index is 12.3. The van der Waals surface area contributed by atoms with Gasteiger partial charge in [0.25, 0.3) is 10.0 Å². The van der Waals surface area contributed by atoms with Gasteiger partial charge in [0.1, 0.15) is 0 Å². The molecule has 0 spiro atoms. The van der Waals surface area contributed by atoms with Crippen molar-refractivity contribution in [2.75, 3.05) is 4.72 Å². The van der Waals surface area contributed by atoms with Crippen molar-refractivity contribution in [3.63, 3.8) is 0 Å². The molecule has 108 valence electrons. The second-order valence-electron chi connectivity index (χ2n) is 4.02. The molecular weight excluding hydrogens is 332 g/mol. The summed E-state index contributed by atoms with van der Waals surface area (Å²) in [4.78, 5) is 7.70. The Morgan fingerprint density at radius 2 is 2.10 bits per heavy atom. The van der Waals surface area contributed by atoms with E-state index in [1.165, 1.54) is 6.20 Å². The maximum Gasteiger partial charge on any atom is 0.273 e. The van der Waals surface area contributed by atoms with Crippen LogP contribution < -0.4 is 4.72 Å². The first kappa shape index (κ1) is 14.1. The number of hydrogen-bond acceptors (Lipinski definition) is 5. The Kier molecular flexibility index (Phi) is 3.66. The normalized spacial score (nSPS) is 11.5. The highest BCUT2D eigenvalue weighted by Crippen LogP contribution is 2.27. The van der Waals surface area contributed by atoms with Crippen molar-refractivity contribution in [1.29, 1.82) is 0 Å². The van der Waals surface area contributed by atoms with Crippen LogP contribution in [0.15, 0.2) is 53.4 Å². The van der Waals surface area contributed by atoms with Gasteiger partial charge in [0.15, 0.2) is 8.68 Å². The van der Waals surface area contributed by atoms with Crippen LogP contribution in [0.1, 0.15) is 0 Å². The molecule has 0 aliphatic heterocycles. The fourth-order valence-electron chi connectivity index (χ4n) is 1.75. The zero-order chi connectivity index (χ0) is 14.9. The summed E-state index contributed by atoms with van der Waals surface area (Å²) in [6, 6.07) is 7.03. The fraction of sp³-hybridized carbons (Fsp3) is 0. The summed E-state index contributed by atoms with van der Waals surface area (Å²) in [6.45, 7) is 0. The zero-order valence-electron chi connectivity index (χ0n) is 10.5. The molecule has 3 aromatic rings. The van der Waals surface area contributed by atoms with E-state index in [2.05, 4.69) is 14.7 Å². The minimum atomic E-state index is -3.72. The van der Waals surface area contributed by atoms with Gasteiger partial charge in [0, 0.05) is 12.4 Å². The average Bonchev–Trinajstić information content (AvgIpc) is 3.10. The molecule has 0 saturated carbocycles. The van der Waals surface area contributed by atoms with Crippen LogP contribution in [0.2, 0.25) is 4.47 Å². The van der Waals surface area contributed by atoms with Gasteiger partial charge in [0.2, 0.25) is 0 Å². The van der Waals surface area contributed by atoms with Gasteiger partial charge in [-0.25, -0.2) is 18.4 Å². The first-order valence-corrected chi connectivity index (χ1v) is 8.45. The lowest BCUT2D eigenvalue weighted by molar-refractivity contribution is 0.603. The highest BCUT2D eigenvalue weighted by Gasteiger charge is 2.19. The van der Waals surface area contributed by atoms with Gasteiger partial charge in [-0.2, -0.15) is 0 Å². The predicted molar refractivity (Wildman–Crippen MR) is 81.5 cm³/mol. The van der Waals surface area contributed by atoms with Crippen LogP contribution in [-0.2, 0) is 10.0 Å². The van der Waals surface area contributed by atoms with Gasteiger partial charge < -0.3 is 4.57 Å². The molecule has 1 N–H and O–H groups in total. The van der Waals surface area contributed by atoms with Gasteiger partial charge in [-0.05, 0) is 12.1 Å². The van der Waals surface area contributed by atoms with E-state index >= 15 is 0 Å². The molecule has 9 heteroatoms. The van der Waals surface area contributed by atoms with Gasteiger partial charge in [0.05, 0.1) is 23.9 Å². The van der Waals surface area contributed by atoms with Crippen molar-refractivity contribution in [1.82, 2.24) is 14.5 Å². The molecule has 0 unspecified atom stereocenters. The number of aromatic nitrogens is 3. The van der Waals surface area contributed by atoms with Gasteiger partial charge in [-0.1, -0.05) is 35.1 Å². The van der Waals surface area contributed by atoms with E-state index in [0.717, 1.165) is 11.3 Å². The molecule has 0 bridgehead atoms. The number of halogens is 1. The molecule has 2 aromatic heterocycles. The number of imidazole rings is 1. The van der Waals surface area contributed by atoms with Gasteiger partial charge in [-0.15, -0.1) is 0 Å². The van der Waals surface area contributed by atoms with E-state index in [1.54, 1.807) is 41.5 Å². The minimum absolute atomic E-state index is 0.0629. The largest absolute Gasteiger partial charge is 0.304 e. The van der Waals surface area contributed by atoms with Gasteiger partial charge >= 0.3 is 0 Å². The van der Waals surface area contributed by atoms with Crippen molar-refractivity contribution in [3.8, 4) is 5.69 Å². The monoisotopic (exact) mass is 340 g/mol. The molecule has 0 atom stereocenters. The Hall–Kier alpha value is -1.90. The molecule has 2 heterocycles. The van der Waals surface area contributed by atoms with Crippen molar-refractivity contribution in [2.24, 2.45) is 0 Å². The Bertz CT molecular complexity index is 859. The van der Waals surface area contributed by atoms with Crippen LogP contribution in [-0.4, -0.2) is 23.0 Å². The van der Waals surface area contributed by atoms with Crippen molar-refractivity contribution < 1.29 is 8.42 Å². The number of sulfonamides is 1. The summed E-state index contributed by atoms with van der Waals surface area (Å²) in [6.07, 6.45) is 6.18. The topological polar surface area (TPSA) is 76.9 Å². The van der Waals surface area contributed by atoms with E-state index in [-0.39, 0.29) is 8.68 Å². The van der Waals surface area contributed by atoms with E-state index in [9.17, 15) is 8.42 Å². The molecule has 0 aliphatic carbocycles. The summed E-state index contributed by atoms with van der Waals surface area (Å²) in [5.74, 6) is 0. The molecule has 21 heavy (non-hydrogen) atoms. The number of nitrogens with zero attached hydrogens (tertiary/aromatic N) is 3. The Balaban J connectivity index is 1.99. The van der Waals surface area contributed by atoms with Crippen LogP contribution in [0.3, 0.4) is 0 Å². The quantitative estimate of drug-likeness (QED) is 0.792. The number of benzene rings is 1. The number of thiazole rings is 1. The number of nitrogens with one attached hydrogen (secondary N) is 1. The van der Waals surface area contributed by atoms with Crippen LogP contribution >= 0.6 is 22.9 Å². The standard InChI is InChI=1S/C12H9ClN4O2S2/c13-12-15-7-11(20-12)21(18,19)16-9-3-1-2-4-10(9)17-6-5-14-8-17/h1-8,16H. The number of hydrogen-bond donors (Lipinski definition) is 1. The third-order valence-electron chi connectivity index (χ3n) is 2.65. The van der Waals surface area contributed by atoms with E-state index in [1.807, 2.05) is 6.07 Å². The smallest absolute Gasteiger partial charge is 0.273 e. The third kappa shape index (κ3) is 2.92. The lowest BCUT2D eigenvalue weighted by Crippen LogP contribution is -2.13. The van der Waals surface area contributed by atoms with Crippen molar-refractivity contribution in [2.45, 2.75) is 4.21 Å². The third-order valence-corrected chi connectivity index (χ3v) is 5.59. The second-order valence-corrected chi connectivity index (χ2v) is 7.55. The molecule has 0 saturated heterocycles. The van der Waals surface area contributed by atoms with Crippen LogP contribution in [0.25, 0.3) is 5.69 Å². The summed E-state index contributed by atoms with van der Waals surface area (Å²) in [5.41, 5.74) is 1.12. The highest BCUT2D eigenvalue weighted by atomic mass is 35.5. The molecule has 6 nitrogen and oxygen atoms in total. The Labute approximate surface area is 130 Å². The Morgan fingerprint density at radius 1 is 1.29 bits per heavy atom. The SMILES string of the molecule is O=S(=O)(Nc1ccccc1-n1ccnc1)c1cnc(Cl)s1. The van der Waals surface area contributed by atoms with Crippen molar-refractivity contribution in [3.05, 3.63) is 53.7 Å². The first-order chi connectivity index (χ1) is 10.1. The summed E-state index contributed by atoms with van der Waals surface area (Å²) >= 11 is 6.59. The summed E-state index contributed by atoms with van der Waals surface area (Å²) in [7, 11) is -3.72. The molecule has 0 amide bonds. The predicted octanol–water partition coefficient (Wildman–Crippen LogP) is 2.78. The minimum Gasteiger partial charge on any atom is -0.304 e. The summed E-state index contributed by atoms with van der Waals surface area (Å²) in [5, 5.41) is 0. The molecular formula is C12H9ClN4O2S2. The van der Waals surface area contributed by atoms with E-state index in [0.29, 0.717) is 11.4 Å². The van der Waals surface area contributed by atoms with Crippen LogP contribution in [0, 0.1) is 0 Å². The molecule has 1 aromatic carbocycles. The first-order valence-electron chi connectivity index (χ1n) is 5.78. The lowest BCUT2D eigenvalue weighted by Gasteiger charge is -2.11.